The Morgan fingerprint density at radius 2 is 1.97 bits per heavy atom. The highest BCUT2D eigenvalue weighted by Crippen LogP contribution is 2.32. The molecule has 4 rings (SSSR count). The van der Waals surface area contributed by atoms with Gasteiger partial charge in [0.2, 0.25) is 15.9 Å². The number of nitrogens with one attached hydrogen (secondary N) is 1. The van der Waals surface area contributed by atoms with Crippen molar-refractivity contribution in [3.8, 4) is 17.0 Å². The zero-order chi connectivity index (χ0) is 25.9. The summed E-state index contributed by atoms with van der Waals surface area (Å²) in [6, 6.07) is 8.36. The summed E-state index contributed by atoms with van der Waals surface area (Å²) in [5, 5.41) is 6.66. The van der Waals surface area contributed by atoms with Gasteiger partial charge in [-0.15, -0.1) is 0 Å². The lowest BCUT2D eigenvalue weighted by molar-refractivity contribution is 0.216. The lowest BCUT2D eigenvalue weighted by Gasteiger charge is -2.19. The second-order valence-corrected chi connectivity index (χ2v) is 11.4. The summed E-state index contributed by atoms with van der Waals surface area (Å²) < 4.78 is 33.1. The van der Waals surface area contributed by atoms with Crippen molar-refractivity contribution in [1.29, 1.82) is 0 Å². The molecule has 12 heteroatoms. The number of nitrogens with zero attached hydrogens (tertiary/aromatic N) is 4. The van der Waals surface area contributed by atoms with Crippen molar-refractivity contribution in [2.75, 3.05) is 31.6 Å². The minimum absolute atomic E-state index is 0.0968. The van der Waals surface area contributed by atoms with Crippen LogP contribution in [0.3, 0.4) is 0 Å². The molecule has 1 aliphatic rings. The molecule has 1 atom stereocenters. The van der Waals surface area contributed by atoms with Crippen LogP contribution in [0.1, 0.15) is 26.2 Å². The molecule has 0 radical (unpaired) electrons. The number of hydrogen-bond donors (Lipinski definition) is 1. The van der Waals surface area contributed by atoms with Gasteiger partial charge in [0.1, 0.15) is 11.1 Å². The van der Waals surface area contributed by atoms with Gasteiger partial charge < -0.3 is 9.64 Å². The lowest BCUT2D eigenvalue weighted by Crippen LogP contribution is -2.27. The average Bonchev–Trinajstić information content (AvgIpc) is 3.33. The molecule has 9 nitrogen and oxygen atoms in total. The van der Waals surface area contributed by atoms with Crippen molar-refractivity contribution in [2.24, 2.45) is 0 Å². The Balaban J connectivity index is 1.48. The Labute approximate surface area is 220 Å². The Kier molecular flexibility index (Phi) is 8.19. The number of rotatable bonds is 9. The molecule has 3 heterocycles. The topological polar surface area (TPSA) is 108 Å². The second-order valence-electron chi connectivity index (χ2n) is 8.58. The number of aromatic amines is 1. The van der Waals surface area contributed by atoms with Gasteiger partial charge in [-0.2, -0.15) is 5.10 Å². The van der Waals surface area contributed by atoms with Crippen LogP contribution in [0.25, 0.3) is 11.1 Å². The van der Waals surface area contributed by atoms with Crippen LogP contribution in [0.5, 0.6) is 5.88 Å². The first-order chi connectivity index (χ1) is 17.2. The van der Waals surface area contributed by atoms with Crippen molar-refractivity contribution >= 4 is 38.9 Å². The number of anilines is 1. The van der Waals surface area contributed by atoms with Gasteiger partial charge in [-0.1, -0.05) is 48.7 Å². The minimum atomic E-state index is -3.55. The van der Waals surface area contributed by atoms with Crippen LogP contribution in [0.4, 0.5) is 5.69 Å². The highest BCUT2D eigenvalue weighted by atomic mass is 35.5. The van der Waals surface area contributed by atoms with E-state index in [-0.39, 0.29) is 16.0 Å². The van der Waals surface area contributed by atoms with Gasteiger partial charge in [0.05, 0.1) is 34.5 Å². The molecule has 0 aliphatic carbocycles. The van der Waals surface area contributed by atoms with E-state index in [9.17, 15) is 13.2 Å². The quantitative estimate of drug-likeness (QED) is 0.424. The van der Waals surface area contributed by atoms with Crippen molar-refractivity contribution in [3.63, 3.8) is 0 Å². The molecule has 3 aromatic rings. The van der Waals surface area contributed by atoms with E-state index in [2.05, 4.69) is 15.2 Å². The molecular weight excluding hydrogens is 525 g/mol. The van der Waals surface area contributed by atoms with E-state index in [1.54, 1.807) is 37.4 Å². The molecular formula is C24H27Cl2N5O4S. The number of sulfonamides is 1. The first-order valence-electron chi connectivity index (χ1n) is 11.6. The molecule has 0 amide bonds. The molecule has 0 unspecified atom stereocenters. The third-order valence-electron chi connectivity index (χ3n) is 6.08. The summed E-state index contributed by atoms with van der Waals surface area (Å²) in [4.78, 5) is 18.2. The van der Waals surface area contributed by atoms with Crippen molar-refractivity contribution in [2.45, 2.75) is 37.2 Å². The van der Waals surface area contributed by atoms with E-state index < -0.39 is 15.6 Å². The molecule has 192 valence electrons. The Bertz CT molecular complexity index is 1380. The van der Waals surface area contributed by atoms with Gasteiger partial charge in [-0.05, 0) is 24.1 Å². The predicted octanol–water partition coefficient (Wildman–Crippen LogP) is 4.22. The first kappa shape index (κ1) is 26.4. The first-order valence-corrected chi connectivity index (χ1v) is 13.8. The van der Waals surface area contributed by atoms with Crippen LogP contribution >= 0.6 is 23.2 Å². The molecule has 0 spiro atoms. The summed E-state index contributed by atoms with van der Waals surface area (Å²) in [5.41, 5.74) is 1.55. The van der Waals surface area contributed by atoms with E-state index in [1.165, 1.54) is 16.7 Å². The third-order valence-corrected chi connectivity index (χ3v) is 8.62. The SMILES string of the molecule is CCCCN(C)S(=O)(=O)c1ccc(-c2cc(O[C@@H]3CCN(c4cn[nH]c(=O)c4Cl)C3)ncc2Cl)cc1. The van der Waals surface area contributed by atoms with Crippen LogP contribution < -0.4 is 15.2 Å². The Morgan fingerprint density at radius 3 is 2.69 bits per heavy atom. The van der Waals surface area contributed by atoms with Crippen LogP contribution in [0.15, 0.2) is 52.4 Å². The molecule has 0 saturated carbocycles. The second kappa shape index (κ2) is 11.2. The van der Waals surface area contributed by atoms with Gasteiger partial charge in [0.25, 0.3) is 5.56 Å². The van der Waals surface area contributed by atoms with E-state index in [0.29, 0.717) is 48.2 Å². The third kappa shape index (κ3) is 5.67. The van der Waals surface area contributed by atoms with E-state index >= 15 is 0 Å². The molecule has 1 N–H and O–H groups in total. The standard InChI is InChI=1S/C24H27Cl2N5O4S/c1-3-4-10-30(2)36(33,34)18-7-5-16(6-8-18)19-12-22(27-13-20(19)25)35-17-9-11-31(15-17)21-14-28-29-24(32)23(21)26/h5-8,12-14,17H,3-4,9-11,15H2,1-2H3,(H,29,32)/t17-/m1/s1. The number of aromatic nitrogens is 3. The van der Waals surface area contributed by atoms with Gasteiger partial charge in [0, 0.05) is 38.2 Å². The minimum Gasteiger partial charge on any atom is -0.472 e. The number of hydrogen-bond acceptors (Lipinski definition) is 7. The highest BCUT2D eigenvalue weighted by molar-refractivity contribution is 7.89. The normalized spacial score (nSPS) is 16.0. The smallest absolute Gasteiger partial charge is 0.285 e. The number of halogens is 2. The summed E-state index contributed by atoms with van der Waals surface area (Å²) in [7, 11) is -1.96. The van der Waals surface area contributed by atoms with Gasteiger partial charge in [-0.3, -0.25) is 4.79 Å². The maximum absolute atomic E-state index is 12.8. The number of H-pyrrole nitrogens is 1. The van der Waals surface area contributed by atoms with E-state index in [0.717, 1.165) is 18.4 Å². The lowest BCUT2D eigenvalue weighted by atomic mass is 10.1. The van der Waals surface area contributed by atoms with Gasteiger partial charge >= 0.3 is 0 Å². The summed E-state index contributed by atoms with van der Waals surface area (Å²) in [6.45, 7) is 3.66. The van der Waals surface area contributed by atoms with Crippen LogP contribution in [0.2, 0.25) is 10.0 Å². The molecule has 1 fully saturated rings. The zero-order valence-electron chi connectivity index (χ0n) is 19.9. The maximum Gasteiger partial charge on any atom is 0.285 e. The number of benzene rings is 1. The molecule has 1 aliphatic heterocycles. The fraction of sp³-hybridized carbons (Fsp3) is 0.375. The van der Waals surface area contributed by atoms with Crippen LogP contribution in [-0.2, 0) is 10.0 Å². The van der Waals surface area contributed by atoms with Crippen molar-refractivity contribution < 1.29 is 13.2 Å². The average molecular weight is 552 g/mol. The predicted molar refractivity (Wildman–Crippen MR) is 141 cm³/mol. The summed E-state index contributed by atoms with van der Waals surface area (Å²) in [6.07, 6.45) is 5.29. The zero-order valence-corrected chi connectivity index (χ0v) is 22.3. The molecule has 1 aromatic carbocycles. The molecule has 0 bridgehead atoms. The summed E-state index contributed by atoms with van der Waals surface area (Å²) >= 11 is 12.5. The fourth-order valence-electron chi connectivity index (χ4n) is 4.00. The van der Waals surface area contributed by atoms with E-state index in [1.807, 2.05) is 11.8 Å². The van der Waals surface area contributed by atoms with Crippen LogP contribution in [0, 0.1) is 0 Å². The molecule has 36 heavy (non-hydrogen) atoms. The van der Waals surface area contributed by atoms with Crippen molar-refractivity contribution in [3.05, 3.63) is 63.1 Å². The highest BCUT2D eigenvalue weighted by Gasteiger charge is 2.27. The maximum atomic E-state index is 12.8. The number of pyridine rings is 1. The largest absolute Gasteiger partial charge is 0.472 e. The number of ether oxygens (including phenoxy) is 1. The fourth-order valence-corrected chi connectivity index (χ4v) is 5.63. The Morgan fingerprint density at radius 1 is 1.22 bits per heavy atom. The molecule has 1 saturated heterocycles. The van der Waals surface area contributed by atoms with E-state index in [4.69, 9.17) is 27.9 Å². The van der Waals surface area contributed by atoms with Gasteiger partial charge in [0.15, 0.2) is 0 Å². The van der Waals surface area contributed by atoms with Crippen LogP contribution in [-0.4, -0.2) is 60.7 Å². The Hall–Kier alpha value is -2.66. The van der Waals surface area contributed by atoms with Gasteiger partial charge in [-0.25, -0.2) is 22.8 Å². The van der Waals surface area contributed by atoms with Crippen molar-refractivity contribution in [1.82, 2.24) is 19.5 Å². The molecule has 2 aromatic heterocycles. The number of unbranched alkanes of at least 4 members (excludes halogenated alkanes) is 1. The summed E-state index contributed by atoms with van der Waals surface area (Å²) in [5.74, 6) is 0.396. The monoisotopic (exact) mass is 551 g/mol.